The van der Waals surface area contributed by atoms with E-state index in [4.69, 9.17) is 9.47 Å². The molecule has 0 unspecified atom stereocenters. The first kappa shape index (κ1) is 19.9. The van der Waals surface area contributed by atoms with Gasteiger partial charge in [-0.3, -0.25) is 4.79 Å². The summed E-state index contributed by atoms with van der Waals surface area (Å²) in [5.74, 6) is 0.779. The maximum atomic E-state index is 12.2. The fraction of sp³-hybridized carbons (Fsp3) is 0.579. The SMILES string of the molecule is CCOC(=O)N1CCC(NC(=O)CCNc2cc(C)ccc2OC)CC1. The molecule has 2 rings (SSSR count). The summed E-state index contributed by atoms with van der Waals surface area (Å²) in [4.78, 5) is 25.5. The van der Waals surface area contributed by atoms with Crippen LogP contribution in [0, 0.1) is 6.92 Å². The van der Waals surface area contributed by atoms with Crippen molar-refractivity contribution in [2.24, 2.45) is 0 Å². The molecule has 1 saturated heterocycles. The van der Waals surface area contributed by atoms with Crippen LogP contribution in [-0.2, 0) is 9.53 Å². The van der Waals surface area contributed by atoms with Gasteiger partial charge in [-0.15, -0.1) is 0 Å². The van der Waals surface area contributed by atoms with Crippen LogP contribution in [0.15, 0.2) is 18.2 Å². The van der Waals surface area contributed by atoms with Gasteiger partial charge >= 0.3 is 6.09 Å². The van der Waals surface area contributed by atoms with Crippen molar-refractivity contribution < 1.29 is 19.1 Å². The van der Waals surface area contributed by atoms with Gasteiger partial charge in [0.05, 0.1) is 19.4 Å². The van der Waals surface area contributed by atoms with Gasteiger partial charge in [0.15, 0.2) is 0 Å². The number of methoxy groups -OCH3 is 1. The minimum Gasteiger partial charge on any atom is -0.495 e. The van der Waals surface area contributed by atoms with E-state index < -0.39 is 0 Å². The zero-order valence-electron chi connectivity index (χ0n) is 15.8. The van der Waals surface area contributed by atoms with E-state index in [1.54, 1.807) is 18.9 Å². The molecule has 1 aromatic carbocycles. The number of aryl methyl sites for hydroxylation is 1. The Morgan fingerprint density at radius 3 is 2.65 bits per heavy atom. The van der Waals surface area contributed by atoms with Crippen LogP contribution in [0.1, 0.15) is 31.7 Å². The molecule has 2 amide bonds. The zero-order chi connectivity index (χ0) is 18.9. The molecule has 0 aromatic heterocycles. The number of carbonyl (C=O) groups excluding carboxylic acids is 2. The Kier molecular flexibility index (Phi) is 7.56. The molecule has 0 saturated carbocycles. The molecule has 2 N–H and O–H groups in total. The summed E-state index contributed by atoms with van der Waals surface area (Å²) >= 11 is 0. The van der Waals surface area contributed by atoms with Gasteiger partial charge in [-0.05, 0) is 44.4 Å². The Morgan fingerprint density at radius 2 is 2.00 bits per heavy atom. The lowest BCUT2D eigenvalue weighted by atomic mass is 10.1. The van der Waals surface area contributed by atoms with E-state index in [2.05, 4.69) is 10.6 Å². The van der Waals surface area contributed by atoms with Crippen LogP contribution < -0.4 is 15.4 Å². The molecular formula is C19H29N3O4. The van der Waals surface area contributed by atoms with Gasteiger partial charge in [0.1, 0.15) is 5.75 Å². The topological polar surface area (TPSA) is 79.9 Å². The molecule has 0 atom stereocenters. The number of carbonyl (C=O) groups is 2. The fourth-order valence-electron chi connectivity index (χ4n) is 2.99. The first-order chi connectivity index (χ1) is 12.5. The number of likely N-dealkylation sites (tertiary alicyclic amines) is 1. The molecule has 144 valence electrons. The summed E-state index contributed by atoms with van der Waals surface area (Å²) in [6, 6.07) is 6.01. The Labute approximate surface area is 155 Å². The number of amides is 2. The highest BCUT2D eigenvalue weighted by molar-refractivity contribution is 5.77. The monoisotopic (exact) mass is 363 g/mol. The minimum atomic E-state index is -0.270. The third-order valence-electron chi connectivity index (χ3n) is 4.41. The summed E-state index contributed by atoms with van der Waals surface area (Å²) < 4.78 is 10.3. The van der Waals surface area contributed by atoms with Crippen molar-refractivity contribution in [2.45, 2.75) is 39.2 Å². The van der Waals surface area contributed by atoms with E-state index in [0.29, 0.717) is 32.7 Å². The number of piperidine rings is 1. The molecule has 7 heteroatoms. The second kappa shape index (κ2) is 9.89. The van der Waals surface area contributed by atoms with Crippen LogP contribution in [-0.4, -0.2) is 56.3 Å². The summed E-state index contributed by atoms with van der Waals surface area (Å²) in [6.07, 6.45) is 1.62. The smallest absolute Gasteiger partial charge is 0.409 e. The molecule has 1 aliphatic heterocycles. The summed E-state index contributed by atoms with van der Waals surface area (Å²) in [5, 5.41) is 6.30. The summed E-state index contributed by atoms with van der Waals surface area (Å²) in [5.41, 5.74) is 2.02. The number of hydrogen-bond donors (Lipinski definition) is 2. The van der Waals surface area contributed by atoms with Gasteiger partial charge in [-0.2, -0.15) is 0 Å². The van der Waals surface area contributed by atoms with Gasteiger partial charge < -0.3 is 25.0 Å². The minimum absolute atomic E-state index is 0.0127. The number of nitrogens with zero attached hydrogens (tertiary/aromatic N) is 1. The lowest BCUT2D eigenvalue weighted by Crippen LogP contribution is -2.46. The second-order valence-electron chi connectivity index (χ2n) is 6.41. The van der Waals surface area contributed by atoms with Crippen molar-refractivity contribution in [3.05, 3.63) is 23.8 Å². The molecule has 26 heavy (non-hydrogen) atoms. The molecule has 0 radical (unpaired) electrons. The van der Waals surface area contributed by atoms with Crippen molar-refractivity contribution in [3.63, 3.8) is 0 Å². The molecule has 0 aliphatic carbocycles. The van der Waals surface area contributed by atoms with Crippen LogP contribution in [0.2, 0.25) is 0 Å². The van der Waals surface area contributed by atoms with Gasteiger partial charge in [0.25, 0.3) is 0 Å². The zero-order valence-corrected chi connectivity index (χ0v) is 15.8. The molecule has 1 aliphatic rings. The maximum Gasteiger partial charge on any atom is 0.409 e. The first-order valence-corrected chi connectivity index (χ1v) is 9.13. The molecular weight excluding hydrogens is 334 g/mol. The predicted molar refractivity (Wildman–Crippen MR) is 101 cm³/mol. The number of benzene rings is 1. The predicted octanol–water partition coefficient (Wildman–Crippen LogP) is 2.54. The van der Waals surface area contributed by atoms with Gasteiger partial charge in [0, 0.05) is 32.1 Å². The number of ether oxygens (including phenoxy) is 2. The van der Waals surface area contributed by atoms with E-state index in [-0.39, 0.29) is 18.0 Å². The average Bonchev–Trinajstić information content (AvgIpc) is 2.62. The van der Waals surface area contributed by atoms with Crippen LogP contribution in [0.4, 0.5) is 10.5 Å². The Balaban J connectivity index is 1.70. The summed E-state index contributed by atoms with van der Waals surface area (Å²) in [7, 11) is 1.63. The number of rotatable bonds is 7. The standard InChI is InChI=1S/C19H29N3O4/c1-4-26-19(24)22-11-8-15(9-12-22)21-18(23)7-10-20-16-13-14(2)5-6-17(16)25-3/h5-6,13,15,20H,4,7-12H2,1-3H3,(H,21,23). The average molecular weight is 363 g/mol. The highest BCUT2D eigenvalue weighted by atomic mass is 16.6. The lowest BCUT2D eigenvalue weighted by molar-refractivity contribution is -0.121. The number of hydrogen-bond acceptors (Lipinski definition) is 5. The van der Waals surface area contributed by atoms with Gasteiger partial charge in [-0.25, -0.2) is 4.79 Å². The third-order valence-corrected chi connectivity index (χ3v) is 4.41. The molecule has 1 fully saturated rings. The molecule has 1 heterocycles. The van der Waals surface area contributed by atoms with Crippen molar-refractivity contribution in [3.8, 4) is 5.75 Å². The van der Waals surface area contributed by atoms with E-state index in [1.807, 2.05) is 25.1 Å². The van der Waals surface area contributed by atoms with Crippen LogP contribution in [0.3, 0.4) is 0 Å². The lowest BCUT2D eigenvalue weighted by Gasteiger charge is -2.31. The van der Waals surface area contributed by atoms with Crippen molar-refractivity contribution in [1.82, 2.24) is 10.2 Å². The van der Waals surface area contributed by atoms with Crippen molar-refractivity contribution in [2.75, 3.05) is 38.7 Å². The third kappa shape index (κ3) is 5.82. The second-order valence-corrected chi connectivity index (χ2v) is 6.41. The molecule has 7 nitrogen and oxygen atoms in total. The summed E-state index contributed by atoms with van der Waals surface area (Å²) in [6.45, 7) is 5.96. The van der Waals surface area contributed by atoms with Crippen LogP contribution in [0.25, 0.3) is 0 Å². The normalized spacial score (nSPS) is 14.7. The molecule has 0 bridgehead atoms. The van der Waals surface area contributed by atoms with E-state index in [0.717, 1.165) is 29.8 Å². The van der Waals surface area contributed by atoms with Gasteiger partial charge in [0.2, 0.25) is 5.91 Å². The van der Waals surface area contributed by atoms with Crippen molar-refractivity contribution in [1.29, 1.82) is 0 Å². The fourth-order valence-corrected chi connectivity index (χ4v) is 2.99. The highest BCUT2D eigenvalue weighted by Gasteiger charge is 2.24. The van der Waals surface area contributed by atoms with Crippen LogP contribution in [0.5, 0.6) is 5.75 Å². The largest absolute Gasteiger partial charge is 0.495 e. The van der Waals surface area contributed by atoms with E-state index in [1.165, 1.54) is 0 Å². The number of nitrogens with one attached hydrogen (secondary N) is 2. The van der Waals surface area contributed by atoms with Crippen molar-refractivity contribution >= 4 is 17.7 Å². The van der Waals surface area contributed by atoms with E-state index in [9.17, 15) is 9.59 Å². The Morgan fingerprint density at radius 1 is 1.27 bits per heavy atom. The molecule has 0 spiro atoms. The Hall–Kier alpha value is -2.44. The Bertz CT molecular complexity index is 613. The quantitative estimate of drug-likeness (QED) is 0.778. The highest BCUT2D eigenvalue weighted by Crippen LogP contribution is 2.25. The number of anilines is 1. The maximum absolute atomic E-state index is 12.2. The first-order valence-electron chi connectivity index (χ1n) is 9.13. The van der Waals surface area contributed by atoms with Gasteiger partial charge in [-0.1, -0.05) is 6.07 Å². The van der Waals surface area contributed by atoms with E-state index >= 15 is 0 Å². The van der Waals surface area contributed by atoms with Crippen LogP contribution >= 0.6 is 0 Å². The molecule has 1 aromatic rings.